The van der Waals surface area contributed by atoms with E-state index in [4.69, 9.17) is 5.11 Å². The minimum Gasteiger partial charge on any atom is -1.00 e. The Labute approximate surface area is 204 Å². The quantitative estimate of drug-likeness (QED) is 0.137. The van der Waals surface area contributed by atoms with Crippen molar-refractivity contribution in [3.05, 3.63) is 0 Å². The standard InChI is InChI=1S/C28H60NO.ClH/c1-4-7-10-14-19-24-29(25-20-15-11-8-5-2,26-21-16-12-9-6-3)27-22-17-13-18-23-28-30;/h30H,4-28H2,1-3H3;1H/q+1;/p-1. The van der Waals surface area contributed by atoms with Crippen LogP contribution in [0.5, 0.6) is 0 Å². The first-order valence-corrected chi connectivity index (χ1v) is 14.2. The number of nitrogens with zero attached hydrogens (tertiary/aromatic N) is 1. The Morgan fingerprint density at radius 2 is 0.645 bits per heavy atom. The number of unbranched alkanes of at least 4 members (excludes halogenated alkanes) is 16. The zero-order valence-electron chi connectivity index (χ0n) is 22.0. The summed E-state index contributed by atoms with van der Waals surface area (Å²) in [5.74, 6) is 0. The summed E-state index contributed by atoms with van der Waals surface area (Å²) in [7, 11) is 0. The van der Waals surface area contributed by atoms with E-state index < -0.39 is 0 Å². The summed E-state index contributed by atoms with van der Waals surface area (Å²) < 4.78 is 1.42. The second-order valence-corrected chi connectivity index (χ2v) is 9.97. The molecule has 0 aromatic carbocycles. The highest BCUT2D eigenvalue weighted by atomic mass is 35.5. The average molecular weight is 462 g/mol. The molecule has 0 radical (unpaired) electrons. The van der Waals surface area contributed by atoms with Gasteiger partial charge in [0.1, 0.15) is 0 Å². The lowest BCUT2D eigenvalue weighted by molar-refractivity contribution is -0.929. The first-order valence-electron chi connectivity index (χ1n) is 14.2. The van der Waals surface area contributed by atoms with E-state index in [2.05, 4.69) is 20.8 Å². The molecular formula is C28H60ClNO. The Balaban J connectivity index is 0. The molecule has 0 fully saturated rings. The fourth-order valence-electron chi connectivity index (χ4n) is 4.91. The van der Waals surface area contributed by atoms with Crippen LogP contribution in [0.4, 0.5) is 0 Å². The molecule has 0 aromatic rings. The zero-order chi connectivity index (χ0) is 22.2. The summed E-state index contributed by atoms with van der Waals surface area (Å²) in [4.78, 5) is 0. The first-order chi connectivity index (χ1) is 14.7. The van der Waals surface area contributed by atoms with Crippen LogP contribution >= 0.6 is 0 Å². The van der Waals surface area contributed by atoms with Crippen LogP contribution in [0, 0.1) is 0 Å². The van der Waals surface area contributed by atoms with Gasteiger partial charge in [0.2, 0.25) is 0 Å². The number of aliphatic hydroxyl groups is 1. The minimum absolute atomic E-state index is 0. The Morgan fingerprint density at radius 3 is 0.935 bits per heavy atom. The van der Waals surface area contributed by atoms with Crippen molar-refractivity contribution in [3.8, 4) is 0 Å². The number of halogens is 1. The lowest BCUT2D eigenvalue weighted by Crippen LogP contribution is -3.00. The van der Waals surface area contributed by atoms with Gasteiger partial charge in [0, 0.05) is 6.61 Å². The Kier molecular flexibility index (Phi) is 28.5. The summed E-state index contributed by atoms with van der Waals surface area (Å²) in [6, 6.07) is 0. The van der Waals surface area contributed by atoms with Gasteiger partial charge in [-0.05, 0) is 57.8 Å². The zero-order valence-corrected chi connectivity index (χ0v) is 22.7. The lowest BCUT2D eigenvalue weighted by Gasteiger charge is -2.39. The van der Waals surface area contributed by atoms with Gasteiger partial charge >= 0.3 is 0 Å². The molecule has 0 rings (SSSR count). The Bertz CT molecular complexity index is 288. The molecule has 0 amide bonds. The Morgan fingerprint density at radius 1 is 0.387 bits per heavy atom. The summed E-state index contributed by atoms with van der Waals surface area (Å²) >= 11 is 0. The molecule has 0 bridgehead atoms. The average Bonchev–Trinajstić information content (AvgIpc) is 2.75. The molecule has 0 saturated carbocycles. The second kappa shape index (κ2) is 26.5. The van der Waals surface area contributed by atoms with Crippen molar-refractivity contribution < 1.29 is 22.0 Å². The van der Waals surface area contributed by atoms with Crippen LogP contribution < -0.4 is 12.4 Å². The van der Waals surface area contributed by atoms with Crippen LogP contribution in [0.1, 0.15) is 149 Å². The predicted molar refractivity (Wildman–Crippen MR) is 136 cm³/mol. The maximum atomic E-state index is 9.02. The highest BCUT2D eigenvalue weighted by Gasteiger charge is 2.25. The molecule has 0 aliphatic heterocycles. The third-order valence-electron chi connectivity index (χ3n) is 7.00. The maximum absolute atomic E-state index is 9.02. The molecule has 31 heavy (non-hydrogen) atoms. The fourth-order valence-corrected chi connectivity index (χ4v) is 4.91. The summed E-state index contributed by atoms with van der Waals surface area (Å²) in [5.41, 5.74) is 0. The van der Waals surface area contributed by atoms with Gasteiger partial charge in [-0.15, -0.1) is 0 Å². The summed E-state index contributed by atoms with van der Waals surface area (Å²) in [6.07, 6.45) is 27.5. The molecule has 0 unspecified atom stereocenters. The molecule has 0 aliphatic carbocycles. The van der Waals surface area contributed by atoms with Crippen molar-refractivity contribution in [1.29, 1.82) is 0 Å². The van der Waals surface area contributed by atoms with E-state index in [9.17, 15) is 0 Å². The minimum atomic E-state index is 0. The monoisotopic (exact) mass is 461 g/mol. The number of hydrogen-bond donors (Lipinski definition) is 1. The van der Waals surface area contributed by atoms with Crippen LogP contribution in [0.3, 0.4) is 0 Å². The van der Waals surface area contributed by atoms with E-state index in [1.54, 1.807) is 0 Å². The number of rotatable bonds is 25. The van der Waals surface area contributed by atoms with Gasteiger partial charge in [-0.3, -0.25) is 0 Å². The van der Waals surface area contributed by atoms with Crippen molar-refractivity contribution >= 4 is 0 Å². The SMILES string of the molecule is CCCCCCC[N+](CCCCCCC)(CCCCCCC)CCCCCCCO.[Cl-]. The molecule has 0 heterocycles. The molecule has 0 atom stereocenters. The second-order valence-electron chi connectivity index (χ2n) is 9.97. The molecule has 0 aliphatic rings. The van der Waals surface area contributed by atoms with Gasteiger partial charge in [0.25, 0.3) is 0 Å². The largest absolute Gasteiger partial charge is 1.00 e. The van der Waals surface area contributed by atoms with Gasteiger partial charge in [-0.1, -0.05) is 91.4 Å². The third kappa shape index (κ3) is 21.8. The van der Waals surface area contributed by atoms with E-state index in [1.807, 2.05) is 0 Å². The van der Waals surface area contributed by atoms with E-state index in [1.165, 1.54) is 153 Å². The van der Waals surface area contributed by atoms with Crippen molar-refractivity contribution in [1.82, 2.24) is 0 Å². The molecule has 1 N–H and O–H groups in total. The topological polar surface area (TPSA) is 20.2 Å². The van der Waals surface area contributed by atoms with Crippen molar-refractivity contribution in [2.45, 2.75) is 149 Å². The molecule has 0 spiro atoms. The first kappa shape index (κ1) is 33.4. The smallest absolute Gasteiger partial charge is 0.0786 e. The number of quaternary nitrogens is 1. The third-order valence-corrected chi connectivity index (χ3v) is 7.00. The highest BCUT2D eigenvalue weighted by molar-refractivity contribution is 4.54. The van der Waals surface area contributed by atoms with Gasteiger partial charge in [0.05, 0.1) is 26.2 Å². The van der Waals surface area contributed by atoms with Crippen molar-refractivity contribution in [2.24, 2.45) is 0 Å². The highest BCUT2D eigenvalue weighted by Crippen LogP contribution is 2.20. The summed E-state index contributed by atoms with van der Waals surface area (Å²) in [5, 5.41) is 9.02. The molecule has 190 valence electrons. The van der Waals surface area contributed by atoms with Gasteiger partial charge in [-0.2, -0.15) is 0 Å². The predicted octanol–water partition coefficient (Wildman–Crippen LogP) is 5.66. The molecule has 0 aromatic heterocycles. The van der Waals surface area contributed by atoms with Crippen LogP contribution in [0.25, 0.3) is 0 Å². The number of hydrogen-bond acceptors (Lipinski definition) is 1. The molecule has 0 saturated heterocycles. The van der Waals surface area contributed by atoms with E-state index in [0.717, 1.165) is 6.42 Å². The molecule has 3 heteroatoms. The van der Waals surface area contributed by atoms with Crippen LogP contribution in [-0.2, 0) is 0 Å². The fraction of sp³-hybridized carbons (Fsp3) is 1.00. The molecular weight excluding hydrogens is 402 g/mol. The lowest BCUT2D eigenvalue weighted by atomic mass is 10.1. The number of aliphatic hydroxyl groups excluding tert-OH is 1. The normalized spacial score (nSPS) is 11.6. The Hall–Kier alpha value is 0.210. The van der Waals surface area contributed by atoms with E-state index in [-0.39, 0.29) is 12.4 Å². The van der Waals surface area contributed by atoms with Gasteiger partial charge in [-0.25, -0.2) is 0 Å². The van der Waals surface area contributed by atoms with E-state index >= 15 is 0 Å². The van der Waals surface area contributed by atoms with Crippen LogP contribution in [0.15, 0.2) is 0 Å². The van der Waals surface area contributed by atoms with E-state index in [0.29, 0.717) is 6.61 Å². The van der Waals surface area contributed by atoms with Gasteiger partial charge < -0.3 is 22.0 Å². The molecule has 2 nitrogen and oxygen atoms in total. The van der Waals surface area contributed by atoms with Crippen LogP contribution in [0.2, 0.25) is 0 Å². The van der Waals surface area contributed by atoms with Crippen LogP contribution in [-0.4, -0.2) is 42.4 Å². The van der Waals surface area contributed by atoms with Gasteiger partial charge in [0.15, 0.2) is 0 Å². The van der Waals surface area contributed by atoms with Crippen molar-refractivity contribution in [3.63, 3.8) is 0 Å². The maximum Gasteiger partial charge on any atom is 0.0786 e. The summed E-state index contributed by atoms with van der Waals surface area (Å²) in [6.45, 7) is 13.0. The van der Waals surface area contributed by atoms with Crippen molar-refractivity contribution in [2.75, 3.05) is 32.8 Å².